The summed E-state index contributed by atoms with van der Waals surface area (Å²) in [6, 6.07) is 0. The molecule has 70 heavy (non-hydrogen) atoms. The average molecular weight is 968 g/mol. The number of ether oxygens (including phenoxy) is 3. The number of hydrogen-bond donors (Lipinski definition) is 0. The minimum absolute atomic E-state index is 0.105. The molecular formula is C64H102O6. The van der Waals surface area contributed by atoms with Crippen molar-refractivity contribution in [1.82, 2.24) is 0 Å². The number of hydrogen-bond acceptors (Lipinski definition) is 6. The third-order valence-electron chi connectivity index (χ3n) is 11.4. The molecular weight excluding hydrogens is 865 g/mol. The van der Waals surface area contributed by atoms with Gasteiger partial charge in [0.1, 0.15) is 13.2 Å². The summed E-state index contributed by atoms with van der Waals surface area (Å²) in [5.74, 6) is -0.971. The van der Waals surface area contributed by atoms with Gasteiger partial charge in [-0.1, -0.05) is 212 Å². The smallest absolute Gasteiger partial charge is 0.306 e. The second kappa shape index (κ2) is 57.1. The largest absolute Gasteiger partial charge is 0.462 e. The summed E-state index contributed by atoms with van der Waals surface area (Å²) in [6.45, 7) is 6.32. The van der Waals surface area contributed by atoms with E-state index in [0.717, 1.165) is 161 Å². The molecule has 0 saturated heterocycles. The van der Waals surface area contributed by atoms with E-state index in [0.29, 0.717) is 19.3 Å². The van der Waals surface area contributed by atoms with Crippen LogP contribution in [0.1, 0.15) is 233 Å². The van der Waals surface area contributed by atoms with Crippen molar-refractivity contribution in [2.45, 2.75) is 239 Å². The lowest BCUT2D eigenvalue weighted by Gasteiger charge is -2.18. The van der Waals surface area contributed by atoms with Crippen LogP contribution in [0.3, 0.4) is 0 Å². The molecule has 0 N–H and O–H groups in total. The van der Waals surface area contributed by atoms with Gasteiger partial charge in [-0.15, -0.1) is 0 Å². The number of carbonyl (C=O) groups is 3. The predicted molar refractivity (Wildman–Crippen MR) is 302 cm³/mol. The maximum Gasteiger partial charge on any atom is 0.306 e. The van der Waals surface area contributed by atoms with Gasteiger partial charge in [-0.25, -0.2) is 0 Å². The van der Waals surface area contributed by atoms with Crippen molar-refractivity contribution in [3.8, 4) is 0 Å². The van der Waals surface area contributed by atoms with Crippen LogP contribution < -0.4 is 0 Å². The highest BCUT2D eigenvalue weighted by Crippen LogP contribution is 2.13. The lowest BCUT2D eigenvalue weighted by atomic mass is 10.1. The van der Waals surface area contributed by atoms with Gasteiger partial charge in [0.2, 0.25) is 0 Å². The highest BCUT2D eigenvalue weighted by molar-refractivity contribution is 5.71. The number of unbranched alkanes of at least 4 members (excludes halogenated alkanes) is 16. The molecule has 394 valence electrons. The zero-order chi connectivity index (χ0) is 50.7. The lowest BCUT2D eigenvalue weighted by molar-refractivity contribution is -0.167. The molecule has 6 nitrogen and oxygen atoms in total. The van der Waals surface area contributed by atoms with Gasteiger partial charge < -0.3 is 14.2 Å². The van der Waals surface area contributed by atoms with E-state index >= 15 is 0 Å². The van der Waals surface area contributed by atoms with Crippen LogP contribution in [0.25, 0.3) is 0 Å². The van der Waals surface area contributed by atoms with E-state index in [4.69, 9.17) is 14.2 Å². The Morgan fingerprint density at radius 2 is 0.557 bits per heavy atom. The zero-order valence-electron chi connectivity index (χ0n) is 45.0. The topological polar surface area (TPSA) is 78.9 Å². The van der Waals surface area contributed by atoms with Crippen LogP contribution in [-0.4, -0.2) is 37.2 Å². The molecule has 0 aromatic rings. The average Bonchev–Trinajstić information content (AvgIpc) is 3.36. The van der Waals surface area contributed by atoms with Crippen molar-refractivity contribution >= 4 is 17.9 Å². The van der Waals surface area contributed by atoms with E-state index in [1.165, 1.54) is 32.1 Å². The third-order valence-corrected chi connectivity index (χ3v) is 11.4. The van der Waals surface area contributed by atoms with Gasteiger partial charge in [0.25, 0.3) is 0 Å². The van der Waals surface area contributed by atoms with Crippen LogP contribution in [-0.2, 0) is 28.6 Å². The molecule has 0 bridgehead atoms. The molecule has 0 aromatic carbocycles. The molecule has 1 unspecified atom stereocenters. The maximum absolute atomic E-state index is 12.8. The first kappa shape index (κ1) is 65.5. The van der Waals surface area contributed by atoms with Crippen molar-refractivity contribution in [2.24, 2.45) is 0 Å². The molecule has 6 heteroatoms. The Labute approximate surface area is 430 Å². The van der Waals surface area contributed by atoms with E-state index in [1.807, 2.05) is 0 Å². The number of esters is 3. The van der Waals surface area contributed by atoms with Crippen LogP contribution in [0, 0.1) is 0 Å². The fourth-order valence-corrected chi connectivity index (χ4v) is 7.19. The van der Waals surface area contributed by atoms with E-state index < -0.39 is 6.10 Å². The summed E-state index contributed by atoms with van der Waals surface area (Å²) in [7, 11) is 0. The van der Waals surface area contributed by atoms with Crippen LogP contribution >= 0.6 is 0 Å². The van der Waals surface area contributed by atoms with Crippen molar-refractivity contribution < 1.29 is 28.6 Å². The molecule has 0 rings (SSSR count). The molecule has 0 fully saturated rings. The van der Waals surface area contributed by atoms with Crippen molar-refractivity contribution in [3.05, 3.63) is 134 Å². The Balaban J connectivity index is 4.45. The molecule has 0 aliphatic rings. The molecule has 0 saturated carbocycles. The van der Waals surface area contributed by atoms with Gasteiger partial charge in [-0.2, -0.15) is 0 Å². The number of rotatable bonds is 49. The quantitative estimate of drug-likeness (QED) is 0.0262. The van der Waals surface area contributed by atoms with Crippen LogP contribution in [0.5, 0.6) is 0 Å². The normalized spacial score (nSPS) is 13.1. The first-order valence-electron chi connectivity index (χ1n) is 28.2. The van der Waals surface area contributed by atoms with E-state index in [2.05, 4.69) is 154 Å². The first-order chi connectivity index (χ1) is 34.5. The Kier molecular flexibility index (Phi) is 53.5. The summed E-state index contributed by atoms with van der Waals surface area (Å²) < 4.78 is 16.8. The van der Waals surface area contributed by atoms with Crippen molar-refractivity contribution in [1.29, 1.82) is 0 Å². The second-order valence-corrected chi connectivity index (χ2v) is 18.1. The van der Waals surface area contributed by atoms with Gasteiger partial charge in [-0.3, -0.25) is 14.4 Å². The van der Waals surface area contributed by atoms with Crippen molar-refractivity contribution in [3.63, 3.8) is 0 Å². The number of carbonyl (C=O) groups excluding carboxylic acids is 3. The molecule has 0 spiro atoms. The zero-order valence-corrected chi connectivity index (χ0v) is 45.0. The number of allylic oxidation sites excluding steroid dienone is 22. The minimum Gasteiger partial charge on any atom is -0.462 e. The maximum atomic E-state index is 12.8. The van der Waals surface area contributed by atoms with Gasteiger partial charge in [0, 0.05) is 19.3 Å². The van der Waals surface area contributed by atoms with Crippen LogP contribution in [0.2, 0.25) is 0 Å². The summed E-state index contributed by atoms with van der Waals surface area (Å²) in [6.07, 6.45) is 80.1. The predicted octanol–water partition coefficient (Wildman–Crippen LogP) is 19.0. The van der Waals surface area contributed by atoms with Gasteiger partial charge in [-0.05, 0) is 135 Å². The van der Waals surface area contributed by atoms with Gasteiger partial charge in [0.05, 0.1) is 0 Å². The molecule has 0 aliphatic heterocycles. The van der Waals surface area contributed by atoms with E-state index in [-0.39, 0.29) is 31.1 Å². The first-order valence-corrected chi connectivity index (χ1v) is 28.2. The summed E-state index contributed by atoms with van der Waals surface area (Å²) >= 11 is 0. The van der Waals surface area contributed by atoms with Gasteiger partial charge in [0.15, 0.2) is 6.10 Å². The molecule has 0 amide bonds. The summed E-state index contributed by atoms with van der Waals surface area (Å²) in [4.78, 5) is 38.1. The molecule has 0 aliphatic carbocycles. The van der Waals surface area contributed by atoms with Crippen LogP contribution in [0.4, 0.5) is 0 Å². The Hall–Kier alpha value is -4.45. The standard InChI is InChI=1S/C64H102O6/c1-4-7-10-13-16-19-22-25-27-28-29-30-31-32-33-34-35-36-38-39-42-45-48-51-54-57-63(66)69-60-61(59-68-62(65)56-53-50-47-44-41-24-21-18-15-12-9-6-3)70-64(67)58-55-52-49-46-43-40-37-26-23-20-17-14-11-8-5-2/h7-8,10-11,16-21,25-27,29-30,32-33,35-37,39,42,61H,4-6,9,12-15,22-24,28,31,34,38,40-41,43-60H2,1-3H3/b10-7-,11-8-,19-16-,20-17-,21-18-,27-25-,30-29-,33-32-,36-35-,37-26-,42-39-. The van der Waals surface area contributed by atoms with Crippen molar-refractivity contribution in [2.75, 3.05) is 13.2 Å². The SMILES string of the molecule is CC/C=C\C/C=C\C/C=C\C/C=C\C/C=C\C/C=C\C/C=C\CCCCCC(=O)OCC(COC(=O)CCCCCCC/C=C\CCCCC)OC(=O)CCCCCCC/C=C\C/C=C\C/C=C\CC. The monoisotopic (exact) mass is 967 g/mol. The summed E-state index contributed by atoms with van der Waals surface area (Å²) in [5, 5.41) is 0. The lowest BCUT2D eigenvalue weighted by Crippen LogP contribution is -2.30. The fraction of sp³-hybridized carbons (Fsp3) is 0.609. The van der Waals surface area contributed by atoms with E-state index in [9.17, 15) is 14.4 Å². The Morgan fingerprint density at radius 3 is 0.900 bits per heavy atom. The Bertz CT molecular complexity index is 1530. The highest BCUT2D eigenvalue weighted by atomic mass is 16.6. The Morgan fingerprint density at radius 1 is 0.300 bits per heavy atom. The molecule has 0 radical (unpaired) electrons. The van der Waals surface area contributed by atoms with E-state index in [1.54, 1.807) is 0 Å². The molecule has 1 atom stereocenters. The fourth-order valence-electron chi connectivity index (χ4n) is 7.19. The minimum atomic E-state index is -0.809. The molecule has 0 heterocycles. The molecule has 0 aromatic heterocycles. The van der Waals surface area contributed by atoms with Crippen LogP contribution in [0.15, 0.2) is 134 Å². The third kappa shape index (κ3) is 54.5. The van der Waals surface area contributed by atoms with Gasteiger partial charge >= 0.3 is 17.9 Å². The highest BCUT2D eigenvalue weighted by Gasteiger charge is 2.19. The second-order valence-electron chi connectivity index (χ2n) is 18.1. The summed E-state index contributed by atoms with van der Waals surface area (Å²) in [5.41, 5.74) is 0.